The summed E-state index contributed by atoms with van der Waals surface area (Å²) >= 11 is 4.76. The van der Waals surface area contributed by atoms with Crippen molar-refractivity contribution in [2.75, 3.05) is 5.32 Å². The number of aromatic nitrogens is 1. The second kappa shape index (κ2) is 5.65. The number of nitrogens with zero attached hydrogens (tertiary/aromatic N) is 1. The highest BCUT2D eigenvalue weighted by atomic mass is 32.1. The minimum Gasteiger partial charge on any atom is -0.389 e. The third-order valence-electron chi connectivity index (χ3n) is 2.59. The highest BCUT2D eigenvalue weighted by molar-refractivity contribution is 7.80. The molecular formula is C13H9F4N3S. The summed E-state index contributed by atoms with van der Waals surface area (Å²) in [6.45, 7) is 0. The van der Waals surface area contributed by atoms with Crippen molar-refractivity contribution in [2.45, 2.75) is 6.18 Å². The molecule has 8 heteroatoms. The average molecular weight is 315 g/mol. The number of anilines is 2. The zero-order valence-corrected chi connectivity index (χ0v) is 11.2. The van der Waals surface area contributed by atoms with Crippen molar-refractivity contribution >= 4 is 28.6 Å². The normalized spacial score (nSPS) is 11.2. The molecule has 110 valence electrons. The number of rotatable bonds is 3. The molecule has 0 bridgehead atoms. The number of hydrogen-bond acceptors (Lipinski definition) is 3. The van der Waals surface area contributed by atoms with Gasteiger partial charge in [0.15, 0.2) is 0 Å². The fraction of sp³-hybridized carbons (Fsp3) is 0.0769. The van der Waals surface area contributed by atoms with Crippen LogP contribution in [0.15, 0.2) is 36.5 Å². The van der Waals surface area contributed by atoms with Crippen LogP contribution in [0.2, 0.25) is 0 Å². The van der Waals surface area contributed by atoms with Gasteiger partial charge in [0.2, 0.25) is 0 Å². The molecule has 2 rings (SSSR count). The Morgan fingerprint density at radius 1 is 1.19 bits per heavy atom. The predicted octanol–water partition coefficient (Wildman–Crippen LogP) is 3.62. The van der Waals surface area contributed by atoms with Gasteiger partial charge in [-0.2, -0.15) is 13.2 Å². The second-order valence-corrected chi connectivity index (χ2v) is 4.52. The second-order valence-electron chi connectivity index (χ2n) is 4.08. The zero-order chi connectivity index (χ0) is 15.6. The largest absolute Gasteiger partial charge is 0.433 e. The first-order valence-electron chi connectivity index (χ1n) is 5.67. The first-order valence-corrected chi connectivity index (χ1v) is 6.08. The quantitative estimate of drug-likeness (QED) is 0.671. The molecular weight excluding hydrogens is 306 g/mol. The first-order chi connectivity index (χ1) is 9.79. The van der Waals surface area contributed by atoms with Crippen LogP contribution in [0, 0.1) is 5.82 Å². The highest BCUT2D eigenvalue weighted by Crippen LogP contribution is 2.29. The van der Waals surface area contributed by atoms with E-state index in [-0.39, 0.29) is 21.9 Å². The lowest BCUT2D eigenvalue weighted by molar-refractivity contribution is -0.141. The lowest BCUT2D eigenvalue weighted by atomic mass is 10.1. The average Bonchev–Trinajstić information content (AvgIpc) is 2.38. The van der Waals surface area contributed by atoms with E-state index in [0.29, 0.717) is 0 Å². The molecule has 3 nitrogen and oxygen atoms in total. The third kappa shape index (κ3) is 3.46. The van der Waals surface area contributed by atoms with Gasteiger partial charge in [0.25, 0.3) is 0 Å². The maximum absolute atomic E-state index is 13.7. The summed E-state index contributed by atoms with van der Waals surface area (Å²) in [7, 11) is 0. The van der Waals surface area contributed by atoms with E-state index in [0.717, 1.165) is 12.3 Å². The minimum atomic E-state index is -4.51. The van der Waals surface area contributed by atoms with Crippen LogP contribution in [0.5, 0.6) is 0 Å². The maximum atomic E-state index is 13.7. The summed E-state index contributed by atoms with van der Waals surface area (Å²) in [6, 6.07) is 6.13. The van der Waals surface area contributed by atoms with Gasteiger partial charge in [0.1, 0.15) is 16.5 Å². The van der Waals surface area contributed by atoms with Crippen molar-refractivity contribution in [1.82, 2.24) is 4.98 Å². The molecule has 0 aliphatic rings. The van der Waals surface area contributed by atoms with Gasteiger partial charge in [-0.05, 0) is 24.3 Å². The molecule has 3 N–H and O–H groups in total. The van der Waals surface area contributed by atoms with Gasteiger partial charge < -0.3 is 11.1 Å². The monoisotopic (exact) mass is 315 g/mol. The van der Waals surface area contributed by atoms with E-state index in [1.54, 1.807) is 0 Å². The lowest BCUT2D eigenvalue weighted by Crippen LogP contribution is -2.14. The molecule has 1 aromatic carbocycles. The molecule has 0 amide bonds. The number of pyridine rings is 1. The summed E-state index contributed by atoms with van der Waals surface area (Å²) in [5, 5.41) is 2.74. The van der Waals surface area contributed by atoms with Crippen LogP contribution in [-0.4, -0.2) is 9.97 Å². The molecule has 0 radical (unpaired) electrons. The Hall–Kier alpha value is -2.22. The van der Waals surface area contributed by atoms with Crippen molar-refractivity contribution in [3.63, 3.8) is 0 Å². The number of nitrogens with one attached hydrogen (secondary N) is 1. The van der Waals surface area contributed by atoms with Gasteiger partial charge in [-0.25, -0.2) is 9.37 Å². The summed E-state index contributed by atoms with van der Waals surface area (Å²) in [5.41, 5.74) is 4.93. The van der Waals surface area contributed by atoms with Crippen LogP contribution >= 0.6 is 12.2 Å². The SMILES string of the molecule is NC(=S)c1c(F)cccc1Nc1ccc(C(F)(F)F)nc1. The molecule has 0 aliphatic carbocycles. The van der Waals surface area contributed by atoms with Crippen molar-refractivity contribution in [1.29, 1.82) is 0 Å². The number of alkyl halides is 3. The van der Waals surface area contributed by atoms with Crippen LogP contribution in [0.3, 0.4) is 0 Å². The third-order valence-corrected chi connectivity index (χ3v) is 2.80. The van der Waals surface area contributed by atoms with Gasteiger partial charge in [-0.3, -0.25) is 0 Å². The number of thiocarbonyl (C=S) groups is 1. The summed E-state index contributed by atoms with van der Waals surface area (Å²) in [6.07, 6.45) is -3.52. The topological polar surface area (TPSA) is 50.9 Å². The Labute approximate surface area is 122 Å². The van der Waals surface area contributed by atoms with Crippen LogP contribution in [0.25, 0.3) is 0 Å². The van der Waals surface area contributed by atoms with Crippen LogP contribution in [0.4, 0.5) is 28.9 Å². The number of halogens is 4. The molecule has 0 fully saturated rings. The number of hydrogen-bond donors (Lipinski definition) is 2. The molecule has 0 saturated carbocycles. The van der Waals surface area contributed by atoms with Crippen molar-refractivity contribution in [3.8, 4) is 0 Å². The number of benzene rings is 1. The molecule has 1 aromatic heterocycles. The fourth-order valence-corrected chi connectivity index (χ4v) is 1.88. The van der Waals surface area contributed by atoms with Crippen molar-refractivity contribution < 1.29 is 17.6 Å². The predicted molar refractivity (Wildman–Crippen MR) is 74.8 cm³/mol. The Kier molecular flexibility index (Phi) is 4.08. The Balaban J connectivity index is 2.31. The molecule has 0 unspecified atom stereocenters. The molecule has 1 heterocycles. The van der Waals surface area contributed by atoms with E-state index in [4.69, 9.17) is 18.0 Å². The van der Waals surface area contributed by atoms with E-state index in [1.807, 2.05) is 0 Å². The van der Waals surface area contributed by atoms with Crippen molar-refractivity contribution in [3.05, 3.63) is 53.6 Å². The number of nitrogens with two attached hydrogens (primary N) is 1. The molecule has 2 aromatic rings. The smallest absolute Gasteiger partial charge is 0.389 e. The van der Waals surface area contributed by atoms with Gasteiger partial charge in [0, 0.05) is 0 Å². The fourth-order valence-electron chi connectivity index (χ4n) is 1.67. The van der Waals surface area contributed by atoms with Crippen LogP contribution < -0.4 is 11.1 Å². The van der Waals surface area contributed by atoms with Gasteiger partial charge in [-0.1, -0.05) is 18.3 Å². The van der Waals surface area contributed by atoms with E-state index in [2.05, 4.69) is 10.3 Å². The lowest BCUT2D eigenvalue weighted by Gasteiger charge is -2.12. The Bertz CT molecular complexity index is 668. The molecule has 0 saturated heterocycles. The summed E-state index contributed by atoms with van der Waals surface area (Å²) in [4.78, 5) is 3.14. The van der Waals surface area contributed by atoms with E-state index >= 15 is 0 Å². The molecule has 0 aliphatic heterocycles. The Morgan fingerprint density at radius 3 is 2.43 bits per heavy atom. The highest BCUT2D eigenvalue weighted by Gasteiger charge is 2.32. The molecule has 21 heavy (non-hydrogen) atoms. The maximum Gasteiger partial charge on any atom is 0.433 e. The van der Waals surface area contributed by atoms with E-state index in [9.17, 15) is 17.6 Å². The molecule has 0 atom stereocenters. The van der Waals surface area contributed by atoms with Gasteiger partial charge in [-0.15, -0.1) is 0 Å². The molecule has 0 spiro atoms. The first kappa shape index (κ1) is 15.2. The van der Waals surface area contributed by atoms with E-state index < -0.39 is 17.7 Å². The van der Waals surface area contributed by atoms with Gasteiger partial charge >= 0.3 is 6.18 Å². The van der Waals surface area contributed by atoms with Crippen molar-refractivity contribution in [2.24, 2.45) is 5.73 Å². The Morgan fingerprint density at radius 2 is 1.90 bits per heavy atom. The van der Waals surface area contributed by atoms with Gasteiger partial charge in [0.05, 0.1) is 23.1 Å². The zero-order valence-electron chi connectivity index (χ0n) is 10.4. The van der Waals surface area contributed by atoms with Crippen LogP contribution in [0.1, 0.15) is 11.3 Å². The minimum absolute atomic E-state index is 0.00704. The van der Waals surface area contributed by atoms with Crippen LogP contribution in [-0.2, 0) is 6.18 Å². The summed E-state index contributed by atoms with van der Waals surface area (Å²) < 4.78 is 50.9. The summed E-state index contributed by atoms with van der Waals surface area (Å²) in [5.74, 6) is -0.618. The van der Waals surface area contributed by atoms with E-state index in [1.165, 1.54) is 24.3 Å². The standard InChI is InChI=1S/C13H9F4N3S/c14-8-2-1-3-9(11(8)12(18)21)20-7-4-5-10(19-6-7)13(15,16)17/h1-6,20H,(H2,18,21).